The number of nitrogens with one attached hydrogen (secondary N) is 2. The first-order chi connectivity index (χ1) is 28.7. The highest BCUT2D eigenvalue weighted by atomic mass is 14.8. The van der Waals surface area contributed by atoms with Crippen molar-refractivity contribution in [1.29, 1.82) is 0 Å². The zero-order valence-corrected chi connectivity index (χ0v) is 32.7. The fraction of sp³-hybridized carbons (Fsp3) is 0.111. The van der Waals surface area contributed by atoms with Crippen LogP contribution in [-0.2, 0) is 12.8 Å². The summed E-state index contributed by atoms with van der Waals surface area (Å²) >= 11 is 0. The molecular formula is C54H42N4. The molecule has 0 aliphatic carbocycles. The van der Waals surface area contributed by atoms with Crippen molar-refractivity contribution in [3.63, 3.8) is 0 Å². The maximum Gasteiger partial charge on any atom is 0.0822 e. The Labute approximate surface area is 337 Å². The smallest absolute Gasteiger partial charge is 0.0822 e. The summed E-state index contributed by atoms with van der Waals surface area (Å²) in [6.45, 7) is 4.60. The Bertz CT molecular complexity index is 3340. The van der Waals surface area contributed by atoms with E-state index >= 15 is 0 Å². The van der Waals surface area contributed by atoms with Crippen molar-refractivity contribution in [2.45, 2.75) is 39.5 Å². The van der Waals surface area contributed by atoms with Crippen LogP contribution in [0.1, 0.15) is 49.2 Å². The second-order valence-electron chi connectivity index (χ2n) is 15.6. The van der Waals surface area contributed by atoms with E-state index in [1.165, 1.54) is 38.1 Å². The fourth-order valence-corrected chi connectivity index (χ4v) is 9.59. The topological polar surface area (TPSA) is 57.4 Å². The summed E-state index contributed by atoms with van der Waals surface area (Å²) in [5.41, 5.74) is 17.4. The lowest BCUT2D eigenvalue weighted by atomic mass is 9.87. The van der Waals surface area contributed by atoms with E-state index in [2.05, 4.69) is 182 Å². The van der Waals surface area contributed by atoms with Crippen LogP contribution in [0.3, 0.4) is 0 Å². The number of hydrogen-bond donors (Lipinski definition) is 2. The van der Waals surface area contributed by atoms with Gasteiger partial charge in [0.05, 0.1) is 22.4 Å². The number of benzene rings is 6. The molecule has 8 bridgehead atoms. The standard InChI is InChI=1S/C54H42N4/c1-3-16-36-32-40-52-50(37(36)17-4-2)38-24-14-15-25-39(38)51-46-31-29-44(57-46)48(34-20-10-6-11-21-34)42-27-26-41(55-42)47(33-18-8-5-9-19-33)43-28-30-45(56-43)49(53(40)58-54(51)52)35-22-12-7-13-23-35/h5-15,18-32,56-57H,3-4,16-17H2,1-2H3. The van der Waals surface area contributed by atoms with E-state index in [0.29, 0.717) is 0 Å². The van der Waals surface area contributed by atoms with Gasteiger partial charge in [0.2, 0.25) is 0 Å². The largest absolute Gasteiger partial charge is 0.354 e. The highest BCUT2D eigenvalue weighted by Gasteiger charge is 2.24. The molecular weight excluding hydrogens is 705 g/mol. The van der Waals surface area contributed by atoms with E-state index in [9.17, 15) is 0 Å². The SMILES string of the molecule is CCCc1cc2c3nc4c(c5ccc([nH]5)c(-c5ccccc5)c5nc(c(-c6ccccc6)c6ccc([nH]6)c3-c3ccccc3)C=C5)c3ccccc3c(c1CCC)c24. The Balaban J connectivity index is 1.45. The summed E-state index contributed by atoms with van der Waals surface area (Å²) in [4.78, 5) is 19.2. The minimum atomic E-state index is 0.915. The molecule has 10 aromatic rings. The number of rotatable bonds is 7. The van der Waals surface area contributed by atoms with Gasteiger partial charge in [0.1, 0.15) is 0 Å². The van der Waals surface area contributed by atoms with Gasteiger partial charge in [0.25, 0.3) is 0 Å². The number of aromatic nitrogens is 4. The van der Waals surface area contributed by atoms with Crippen LogP contribution < -0.4 is 0 Å². The average Bonchev–Trinajstić information content (AvgIpc) is 4.10. The molecule has 0 unspecified atom stereocenters. The van der Waals surface area contributed by atoms with Crippen LogP contribution in [0.15, 0.2) is 146 Å². The summed E-state index contributed by atoms with van der Waals surface area (Å²) in [6.07, 6.45) is 8.53. The Morgan fingerprint density at radius 3 is 1.47 bits per heavy atom. The lowest BCUT2D eigenvalue weighted by Gasteiger charge is -2.16. The summed E-state index contributed by atoms with van der Waals surface area (Å²) in [5, 5.41) is 7.43. The third kappa shape index (κ3) is 5.36. The monoisotopic (exact) mass is 746 g/mol. The maximum atomic E-state index is 5.86. The molecule has 2 N–H and O–H groups in total. The predicted octanol–water partition coefficient (Wildman–Crippen LogP) is 14.6. The van der Waals surface area contributed by atoms with Crippen molar-refractivity contribution in [3.05, 3.63) is 168 Å². The van der Waals surface area contributed by atoms with Crippen molar-refractivity contribution in [2.75, 3.05) is 0 Å². The summed E-state index contributed by atoms with van der Waals surface area (Å²) in [6, 6.07) is 52.5. The molecule has 0 radical (unpaired) electrons. The van der Waals surface area contributed by atoms with Crippen LogP contribution >= 0.6 is 0 Å². The first kappa shape index (κ1) is 34.2. The molecule has 58 heavy (non-hydrogen) atoms. The Morgan fingerprint density at radius 2 is 0.897 bits per heavy atom. The number of H-pyrrole nitrogens is 2. The van der Waals surface area contributed by atoms with Crippen molar-refractivity contribution in [3.8, 4) is 33.4 Å². The van der Waals surface area contributed by atoms with Gasteiger partial charge in [-0.1, -0.05) is 142 Å². The molecule has 0 saturated carbocycles. The highest BCUT2D eigenvalue weighted by Crippen LogP contribution is 2.46. The molecule has 4 aromatic heterocycles. The van der Waals surface area contributed by atoms with Gasteiger partial charge in [0, 0.05) is 54.9 Å². The minimum Gasteiger partial charge on any atom is -0.354 e. The summed E-state index contributed by atoms with van der Waals surface area (Å²) < 4.78 is 0. The number of hydrogen-bond acceptors (Lipinski definition) is 2. The second-order valence-corrected chi connectivity index (χ2v) is 15.6. The third-order valence-electron chi connectivity index (χ3n) is 12.0. The molecule has 6 aromatic carbocycles. The number of fused-ring (bicyclic) bond motifs is 12. The zero-order valence-electron chi connectivity index (χ0n) is 32.7. The van der Waals surface area contributed by atoms with Crippen LogP contribution in [0.5, 0.6) is 0 Å². The lowest BCUT2D eigenvalue weighted by Crippen LogP contribution is -1.97. The van der Waals surface area contributed by atoms with E-state index in [1.807, 2.05) is 0 Å². The van der Waals surface area contributed by atoms with Crippen molar-refractivity contribution in [1.82, 2.24) is 19.9 Å². The zero-order chi connectivity index (χ0) is 38.7. The molecule has 4 heteroatoms. The van der Waals surface area contributed by atoms with Gasteiger partial charge in [-0.3, -0.25) is 0 Å². The van der Waals surface area contributed by atoms with Gasteiger partial charge in [-0.05, 0) is 99.3 Å². The molecule has 0 spiro atoms. The number of aryl methyl sites for hydroxylation is 2. The normalized spacial score (nSPS) is 12.2. The molecule has 0 fully saturated rings. The van der Waals surface area contributed by atoms with Gasteiger partial charge < -0.3 is 9.97 Å². The van der Waals surface area contributed by atoms with Gasteiger partial charge >= 0.3 is 0 Å². The predicted molar refractivity (Wildman–Crippen MR) is 247 cm³/mol. The van der Waals surface area contributed by atoms with Crippen LogP contribution in [0.4, 0.5) is 0 Å². The molecule has 278 valence electrons. The van der Waals surface area contributed by atoms with E-state index in [4.69, 9.17) is 9.97 Å². The number of nitrogens with zero attached hydrogens (tertiary/aromatic N) is 2. The van der Waals surface area contributed by atoms with Crippen LogP contribution in [0, 0.1) is 0 Å². The molecule has 0 saturated heterocycles. The molecule has 0 amide bonds. The Hall–Kier alpha value is -7.04. The molecule has 1 aliphatic rings. The average molecular weight is 747 g/mol. The molecule has 11 rings (SSSR count). The van der Waals surface area contributed by atoms with Crippen LogP contribution in [0.25, 0.3) is 111 Å². The van der Waals surface area contributed by atoms with E-state index < -0.39 is 0 Å². The summed E-state index contributed by atoms with van der Waals surface area (Å²) in [5.74, 6) is 0. The van der Waals surface area contributed by atoms with E-state index in [0.717, 1.165) is 109 Å². The van der Waals surface area contributed by atoms with Crippen molar-refractivity contribution >= 4 is 77.6 Å². The molecule has 1 aliphatic heterocycles. The lowest BCUT2D eigenvalue weighted by molar-refractivity contribution is 0.870. The van der Waals surface area contributed by atoms with Gasteiger partial charge in [-0.15, -0.1) is 0 Å². The van der Waals surface area contributed by atoms with Gasteiger partial charge in [-0.25, -0.2) is 9.97 Å². The first-order valence-corrected chi connectivity index (χ1v) is 20.6. The molecule has 5 heterocycles. The minimum absolute atomic E-state index is 0.915. The van der Waals surface area contributed by atoms with E-state index in [-0.39, 0.29) is 0 Å². The Morgan fingerprint density at radius 1 is 0.414 bits per heavy atom. The fourth-order valence-electron chi connectivity index (χ4n) is 9.59. The highest BCUT2D eigenvalue weighted by molar-refractivity contribution is 6.35. The summed E-state index contributed by atoms with van der Waals surface area (Å²) in [7, 11) is 0. The van der Waals surface area contributed by atoms with Gasteiger partial charge in [0.15, 0.2) is 0 Å². The van der Waals surface area contributed by atoms with E-state index in [1.54, 1.807) is 0 Å². The third-order valence-corrected chi connectivity index (χ3v) is 12.0. The molecule has 4 nitrogen and oxygen atoms in total. The van der Waals surface area contributed by atoms with Crippen LogP contribution in [0.2, 0.25) is 0 Å². The number of aromatic amines is 2. The van der Waals surface area contributed by atoms with Crippen molar-refractivity contribution in [2.24, 2.45) is 0 Å². The van der Waals surface area contributed by atoms with Gasteiger partial charge in [-0.2, -0.15) is 0 Å². The quantitative estimate of drug-likeness (QED) is 0.160. The second kappa shape index (κ2) is 13.9. The molecule has 0 atom stereocenters. The Kier molecular flexibility index (Phi) is 8.18. The van der Waals surface area contributed by atoms with Crippen molar-refractivity contribution < 1.29 is 0 Å². The van der Waals surface area contributed by atoms with Crippen LogP contribution in [-0.4, -0.2) is 19.9 Å². The first-order valence-electron chi connectivity index (χ1n) is 20.6. The maximum absolute atomic E-state index is 5.86.